The van der Waals surface area contributed by atoms with Gasteiger partial charge in [0.15, 0.2) is 0 Å². The summed E-state index contributed by atoms with van der Waals surface area (Å²) in [6.45, 7) is 6.99. The van der Waals surface area contributed by atoms with Gasteiger partial charge in [-0.05, 0) is 104 Å². The van der Waals surface area contributed by atoms with E-state index in [1.54, 1.807) is 36.4 Å². The number of aliphatic hydroxyl groups excluding tert-OH is 2. The third-order valence-corrected chi connectivity index (χ3v) is 14.0. The molecular formula is C52H66FN3O9. The number of oxime groups is 1. The average Bonchev–Trinajstić information content (AvgIpc) is 3.85. The van der Waals surface area contributed by atoms with Gasteiger partial charge in [-0.15, -0.1) is 6.58 Å². The van der Waals surface area contributed by atoms with Crippen LogP contribution in [0.15, 0.2) is 96.2 Å². The van der Waals surface area contributed by atoms with Gasteiger partial charge in [-0.25, -0.2) is 4.39 Å². The number of nitrogens with zero attached hydrogens (tertiary/aromatic N) is 3. The van der Waals surface area contributed by atoms with Crippen molar-refractivity contribution in [3.8, 4) is 11.5 Å². The molecule has 7 rings (SSSR count). The summed E-state index contributed by atoms with van der Waals surface area (Å²) in [6.07, 6.45) is 15.3. The van der Waals surface area contributed by atoms with E-state index in [1.807, 2.05) is 23.1 Å². The zero-order valence-corrected chi connectivity index (χ0v) is 37.8. The number of fused-ring (bicyclic) bond motifs is 2. The van der Waals surface area contributed by atoms with Crippen molar-refractivity contribution in [2.75, 3.05) is 26.4 Å². The summed E-state index contributed by atoms with van der Waals surface area (Å²) in [6, 6.07) is 17.9. The Morgan fingerprint density at radius 1 is 1.02 bits per heavy atom. The van der Waals surface area contributed by atoms with Crippen LogP contribution in [0, 0.1) is 39.6 Å². The van der Waals surface area contributed by atoms with E-state index >= 15 is 0 Å². The smallest absolute Gasteiger partial charge is 0.269 e. The number of hydrogen-bond acceptors (Lipinski definition) is 10. The zero-order valence-electron chi connectivity index (χ0n) is 37.8. The second-order valence-electron chi connectivity index (χ2n) is 18.1. The summed E-state index contributed by atoms with van der Waals surface area (Å²) >= 11 is 0. The molecule has 3 aliphatic carbocycles. The van der Waals surface area contributed by atoms with Crippen LogP contribution in [0.3, 0.4) is 0 Å². The Morgan fingerprint density at radius 3 is 2.48 bits per heavy atom. The molecule has 1 amide bonds. The number of allylic oxidation sites excluding steroid dienone is 1. The van der Waals surface area contributed by atoms with Crippen LogP contribution in [0.1, 0.15) is 119 Å². The number of amides is 1. The summed E-state index contributed by atoms with van der Waals surface area (Å²) < 4.78 is 35.6. The minimum Gasteiger partial charge on any atom is -0.489 e. The second-order valence-corrected chi connectivity index (χ2v) is 18.1. The molecule has 0 saturated heterocycles. The van der Waals surface area contributed by atoms with Gasteiger partial charge in [-0.1, -0.05) is 81.0 Å². The predicted octanol–water partition coefficient (Wildman–Crippen LogP) is 10.4. The van der Waals surface area contributed by atoms with Crippen LogP contribution in [-0.4, -0.2) is 69.8 Å². The van der Waals surface area contributed by atoms with E-state index in [2.05, 4.69) is 19.6 Å². The van der Waals surface area contributed by atoms with E-state index in [9.17, 15) is 29.5 Å². The fourth-order valence-electron chi connectivity index (χ4n) is 10.9. The van der Waals surface area contributed by atoms with Crippen LogP contribution in [0.25, 0.3) is 0 Å². The molecule has 0 spiro atoms. The van der Waals surface area contributed by atoms with Crippen molar-refractivity contribution in [2.45, 2.75) is 128 Å². The van der Waals surface area contributed by atoms with Gasteiger partial charge in [-0.2, -0.15) is 0 Å². The number of benzene rings is 3. The van der Waals surface area contributed by atoms with Gasteiger partial charge in [0.05, 0.1) is 23.2 Å². The number of halogens is 1. The van der Waals surface area contributed by atoms with Crippen molar-refractivity contribution >= 4 is 17.3 Å². The molecule has 65 heavy (non-hydrogen) atoms. The molecule has 2 N–H and O–H groups in total. The van der Waals surface area contributed by atoms with Gasteiger partial charge in [-0.3, -0.25) is 14.9 Å². The van der Waals surface area contributed by atoms with Crippen LogP contribution in [0.5, 0.6) is 11.5 Å². The lowest BCUT2D eigenvalue weighted by molar-refractivity contribution is -0.384. The third kappa shape index (κ3) is 11.1. The van der Waals surface area contributed by atoms with Crippen molar-refractivity contribution in [2.24, 2.45) is 28.8 Å². The highest BCUT2D eigenvalue weighted by atomic mass is 19.1. The predicted molar refractivity (Wildman–Crippen MR) is 247 cm³/mol. The molecule has 12 nitrogen and oxygen atoms in total. The third-order valence-electron chi connectivity index (χ3n) is 14.0. The Kier molecular flexibility index (Phi) is 16.8. The van der Waals surface area contributed by atoms with Gasteiger partial charge in [0, 0.05) is 61.8 Å². The second kappa shape index (κ2) is 22.9. The van der Waals surface area contributed by atoms with Crippen molar-refractivity contribution in [3.63, 3.8) is 0 Å². The van der Waals surface area contributed by atoms with Crippen molar-refractivity contribution in [1.29, 1.82) is 0 Å². The van der Waals surface area contributed by atoms with Gasteiger partial charge < -0.3 is 34.2 Å². The molecule has 1 aliphatic heterocycles. The van der Waals surface area contributed by atoms with Crippen LogP contribution in [0.4, 0.5) is 10.1 Å². The van der Waals surface area contributed by atoms with Gasteiger partial charge in [0.2, 0.25) is 11.7 Å². The molecule has 13 heteroatoms. The highest BCUT2D eigenvalue weighted by Crippen LogP contribution is 2.62. The molecule has 350 valence electrons. The number of hydrogen-bond donors (Lipinski definition) is 2. The van der Waals surface area contributed by atoms with E-state index in [0.717, 1.165) is 56.1 Å². The molecule has 2 saturated carbocycles. The fraction of sp³-hybridized carbons (Fsp3) is 0.538. The lowest BCUT2D eigenvalue weighted by Gasteiger charge is -2.60. The SMILES string of the molecule is C=CCO[C@@]12Oc3ccc(OCc4ccccc4F)cc3[C@H]3[C@H](CCCCO)[C@@H](CCCCO)C=C(C(=NOCc4ccc([N+](=O)[O-])cc4)C[C@@H]1N(CCC)C(=O)CCC1CCCC1)[C@H]32. The first kappa shape index (κ1) is 47.8. The summed E-state index contributed by atoms with van der Waals surface area (Å²) in [5.41, 5.74) is 3.62. The van der Waals surface area contributed by atoms with Crippen molar-refractivity contribution in [1.82, 2.24) is 4.90 Å². The molecule has 0 bridgehead atoms. The minimum atomic E-state index is -1.38. The molecule has 0 unspecified atom stereocenters. The summed E-state index contributed by atoms with van der Waals surface area (Å²) in [5.74, 6) is -0.687. The monoisotopic (exact) mass is 895 g/mol. The number of unbranched alkanes of at least 4 members (excludes halogenated alkanes) is 2. The average molecular weight is 896 g/mol. The zero-order chi connectivity index (χ0) is 45.8. The van der Waals surface area contributed by atoms with Crippen LogP contribution in [-0.2, 0) is 27.6 Å². The van der Waals surface area contributed by atoms with Gasteiger partial charge >= 0.3 is 0 Å². The minimum absolute atomic E-state index is 0.0165. The molecule has 0 radical (unpaired) electrons. The lowest BCUT2D eigenvalue weighted by atomic mass is 9.55. The Hall–Kier alpha value is -5.11. The first-order chi connectivity index (χ1) is 31.7. The summed E-state index contributed by atoms with van der Waals surface area (Å²) in [4.78, 5) is 33.9. The van der Waals surface area contributed by atoms with E-state index in [4.69, 9.17) is 24.2 Å². The Bertz CT molecular complexity index is 2140. The van der Waals surface area contributed by atoms with Crippen LogP contribution in [0.2, 0.25) is 0 Å². The molecule has 0 aromatic heterocycles. The normalized spacial score (nSPS) is 24.1. The van der Waals surface area contributed by atoms with E-state index in [-0.39, 0.29) is 74.6 Å². The molecule has 3 aromatic carbocycles. The molecular weight excluding hydrogens is 830 g/mol. The number of non-ortho nitro benzene ring substituents is 1. The summed E-state index contributed by atoms with van der Waals surface area (Å²) in [7, 11) is 0. The first-order valence-corrected chi connectivity index (χ1v) is 23.8. The van der Waals surface area contributed by atoms with Crippen molar-refractivity contribution < 1.29 is 43.4 Å². The molecule has 2 fully saturated rings. The Morgan fingerprint density at radius 2 is 1.77 bits per heavy atom. The molecule has 4 aliphatic rings. The standard InChI is InChI=1S/C52H66FN3O9/c1-3-27-55(49(59)26-21-36-13-5-6-14-36)48-33-46(54-64-34-37-19-22-40(23-20-37)56(60)61)43-31-38(15-9-11-28-57)42(17-10-12-29-58)50-44-32-41(62-35-39-16-7-8-18-45(39)53)24-25-47(44)65-52(48,51(43)50)63-30-4-2/h4,7-8,16,18-20,22-25,31-32,36,38,42,48,50-51,57-58H,2-3,5-6,9-15,17,21,26-30,33-35H2,1H3/t38-,42+,48-,50+,51+,52+/m0/s1. The number of aliphatic hydroxyl groups is 2. The fourth-order valence-corrected chi connectivity index (χ4v) is 10.9. The van der Waals surface area contributed by atoms with Gasteiger partial charge in [0.25, 0.3) is 5.69 Å². The quantitative estimate of drug-likeness (QED) is 0.0387. The Balaban J connectivity index is 1.38. The van der Waals surface area contributed by atoms with Crippen molar-refractivity contribution in [3.05, 3.63) is 124 Å². The van der Waals surface area contributed by atoms with Crippen LogP contribution < -0.4 is 9.47 Å². The number of carbonyl (C=O) groups is 1. The largest absolute Gasteiger partial charge is 0.489 e. The lowest BCUT2D eigenvalue weighted by Crippen LogP contribution is -2.70. The Labute approximate surface area is 382 Å². The van der Waals surface area contributed by atoms with E-state index in [0.29, 0.717) is 66.5 Å². The van der Waals surface area contributed by atoms with Gasteiger partial charge in [0.1, 0.15) is 36.6 Å². The number of nitro groups is 1. The number of ether oxygens (including phenoxy) is 3. The highest BCUT2D eigenvalue weighted by Gasteiger charge is 2.65. The van der Waals surface area contributed by atoms with Crippen LogP contribution >= 0.6 is 0 Å². The first-order valence-electron chi connectivity index (χ1n) is 23.8. The highest BCUT2D eigenvalue weighted by molar-refractivity contribution is 6.03. The molecule has 3 aromatic rings. The maximum Gasteiger partial charge on any atom is 0.269 e. The molecule has 6 atom stereocenters. The van der Waals surface area contributed by atoms with E-state index < -0.39 is 22.7 Å². The maximum absolute atomic E-state index is 14.8. The number of carbonyl (C=O) groups excluding carboxylic acids is 1. The number of rotatable bonds is 24. The van der Waals surface area contributed by atoms with E-state index in [1.165, 1.54) is 31.0 Å². The molecule has 1 heterocycles. The number of nitro benzene ring substituents is 1. The topological polar surface area (TPSA) is 153 Å². The maximum atomic E-state index is 14.8. The summed E-state index contributed by atoms with van der Waals surface area (Å²) in [5, 5.41) is 36.2.